The van der Waals surface area contributed by atoms with Crippen molar-refractivity contribution in [3.05, 3.63) is 0 Å². The molecule has 0 aliphatic heterocycles. The van der Waals surface area contributed by atoms with Crippen LogP contribution in [0.1, 0.15) is 363 Å². The molecule has 0 saturated carbocycles. The number of hydrogen-bond acceptors (Lipinski definition) is 15. The second-order valence-electron chi connectivity index (χ2n) is 26.1. The van der Waals surface area contributed by atoms with Crippen molar-refractivity contribution in [2.75, 3.05) is 39.6 Å². The Labute approximate surface area is 549 Å². The Hall–Kier alpha value is -1.94. The topological polar surface area (TPSA) is 237 Å². The number of hydrogen-bond donors (Lipinski definition) is 3. The summed E-state index contributed by atoms with van der Waals surface area (Å²) in [5, 5.41) is 10.6. The van der Waals surface area contributed by atoms with Crippen LogP contribution in [-0.4, -0.2) is 96.7 Å². The summed E-state index contributed by atoms with van der Waals surface area (Å²) in [5.74, 6) is -0.632. The average Bonchev–Trinajstić information content (AvgIpc) is 3.60. The molecule has 19 heteroatoms. The molecule has 7 atom stereocenters. The Morgan fingerprint density at radius 3 is 0.789 bits per heavy atom. The lowest BCUT2D eigenvalue weighted by molar-refractivity contribution is -0.161. The lowest BCUT2D eigenvalue weighted by Gasteiger charge is -2.21. The molecule has 17 nitrogen and oxygen atoms in total. The van der Waals surface area contributed by atoms with E-state index in [4.69, 9.17) is 37.0 Å². The molecule has 0 rings (SSSR count). The molecule has 0 aromatic heterocycles. The highest BCUT2D eigenvalue weighted by Crippen LogP contribution is 2.45. The summed E-state index contributed by atoms with van der Waals surface area (Å²) in [6.45, 7) is 9.48. The predicted octanol–water partition coefficient (Wildman–Crippen LogP) is 20.4. The number of unbranched alkanes of at least 4 members (excludes halogenated alkanes) is 38. The summed E-state index contributed by atoms with van der Waals surface area (Å²) in [6, 6.07) is 0. The fraction of sp³-hybridized carbons (Fsp3) is 0.944. The highest BCUT2D eigenvalue weighted by atomic mass is 31.2. The van der Waals surface area contributed by atoms with Gasteiger partial charge >= 0.3 is 39.5 Å². The quantitative estimate of drug-likeness (QED) is 0.0222. The largest absolute Gasteiger partial charge is 0.472 e. The third kappa shape index (κ3) is 62.2. The van der Waals surface area contributed by atoms with Gasteiger partial charge in [-0.05, 0) is 37.5 Å². The van der Waals surface area contributed by atoms with E-state index in [1.807, 2.05) is 0 Å². The summed E-state index contributed by atoms with van der Waals surface area (Å²) < 4.78 is 68.2. The number of ether oxygens (including phenoxy) is 4. The second kappa shape index (κ2) is 63.1. The number of phosphoric acid groups is 2. The van der Waals surface area contributed by atoms with Crippen molar-refractivity contribution < 1.29 is 80.2 Å². The highest BCUT2D eigenvalue weighted by molar-refractivity contribution is 7.47. The van der Waals surface area contributed by atoms with Crippen LogP contribution in [0.5, 0.6) is 0 Å². The smallest absolute Gasteiger partial charge is 0.462 e. The molecular weight excluding hydrogens is 1190 g/mol. The van der Waals surface area contributed by atoms with Gasteiger partial charge in [0.1, 0.15) is 19.3 Å². The average molecular weight is 1330 g/mol. The predicted molar refractivity (Wildman–Crippen MR) is 363 cm³/mol. The Balaban J connectivity index is 5.18. The van der Waals surface area contributed by atoms with Crippen LogP contribution in [0, 0.1) is 11.8 Å². The van der Waals surface area contributed by atoms with Gasteiger partial charge in [0.05, 0.1) is 26.4 Å². The molecule has 0 saturated heterocycles. The lowest BCUT2D eigenvalue weighted by atomic mass is 9.99. The van der Waals surface area contributed by atoms with Crippen molar-refractivity contribution in [1.82, 2.24) is 0 Å². The van der Waals surface area contributed by atoms with Gasteiger partial charge in [-0.1, -0.05) is 311 Å². The van der Waals surface area contributed by atoms with Crippen LogP contribution in [0.2, 0.25) is 0 Å². The van der Waals surface area contributed by atoms with E-state index in [1.54, 1.807) is 0 Å². The monoisotopic (exact) mass is 1320 g/mol. The van der Waals surface area contributed by atoms with Crippen molar-refractivity contribution in [1.29, 1.82) is 0 Å². The van der Waals surface area contributed by atoms with E-state index in [0.29, 0.717) is 25.7 Å². The van der Waals surface area contributed by atoms with Crippen LogP contribution in [0.25, 0.3) is 0 Å². The van der Waals surface area contributed by atoms with Gasteiger partial charge in [0.25, 0.3) is 0 Å². The number of phosphoric ester groups is 2. The lowest BCUT2D eigenvalue weighted by Crippen LogP contribution is -2.30. The maximum atomic E-state index is 13.0. The molecule has 534 valence electrons. The van der Waals surface area contributed by atoms with Crippen molar-refractivity contribution in [3.8, 4) is 0 Å². The van der Waals surface area contributed by atoms with Gasteiger partial charge in [0.2, 0.25) is 0 Å². The van der Waals surface area contributed by atoms with Gasteiger partial charge in [-0.15, -0.1) is 0 Å². The van der Waals surface area contributed by atoms with Gasteiger partial charge in [0, 0.05) is 25.7 Å². The molecule has 0 aliphatic rings. The van der Waals surface area contributed by atoms with Crippen molar-refractivity contribution in [3.63, 3.8) is 0 Å². The first-order valence-electron chi connectivity index (χ1n) is 37.1. The second-order valence-corrected chi connectivity index (χ2v) is 29.0. The number of aliphatic hydroxyl groups excluding tert-OH is 1. The number of esters is 4. The van der Waals surface area contributed by atoms with Crippen LogP contribution >= 0.6 is 15.6 Å². The summed E-state index contributed by atoms with van der Waals surface area (Å²) in [5.41, 5.74) is 0. The third-order valence-corrected chi connectivity index (χ3v) is 19.1. The Kier molecular flexibility index (Phi) is 61.8. The van der Waals surface area contributed by atoms with Crippen LogP contribution in [-0.2, 0) is 65.4 Å². The van der Waals surface area contributed by atoms with E-state index in [1.165, 1.54) is 173 Å². The minimum Gasteiger partial charge on any atom is -0.462 e. The molecule has 0 aromatic rings. The van der Waals surface area contributed by atoms with Gasteiger partial charge < -0.3 is 33.8 Å². The number of carbonyl (C=O) groups excluding carboxylic acids is 4. The molecule has 0 spiro atoms. The van der Waals surface area contributed by atoms with E-state index in [0.717, 1.165) is 108 Å². The van der Waals surface area contributed by atoms with E-state index >= 15 is 0 Å². The molecule has 0 bridgehead atoms. The summed E-state index contributed by atoms with van der Waals surface area (Å²) in [4.78, 5) is 72.4. The molecule has 0 aliphatic carbocycles. The molecule has 0 heterocycles. The fourth-order valence-corrected chi connectivity index (χ4v) is 12.3. The molecule has 0 radical (unpaired) electrons. The van der Waals surface area contributed by atoms with E-state index in [9.17, 15) is 43.2 Å². The zero-order valence-corrected chi connectivity index (χ0v) is 60.2. The zero-order chi connectivity index (χ0) is 66.5. The molecule has 0 amide bonds. The van der Waals surface area contributed by atoms with Gasteiger partial charge in [-0.25, -0.2) is 9.13 Å². The third-order valence-electron chi connectivity index (χ3n) is 17.2. The van der Waals surface area contributed by atoms with E-state index in [-0.39, 0.29) is 25.7 Å². The Morgan fingerprint density at radius 2 is 0.533 bits per heavy atom. The molecule has 0 fully saturated rings. The van der Waals surface area contributed by atoms with Crippen molar-refractivity contribution in [2.24, 2.45) is 11.8 Å². The SMILES string of the molecule is CCCCCCCCCCCCCCCCCCCCCCC(=O)O[C@H](COC(=O)CCCCCCCCCCC(C)CC)COP(=O)(O)OC[C@@H](O)COP(=O)(O)OC[C@@H](COC(=O)CCCCCCCCCC)OC(=O)CCCCCCCCC(C)CC. The van der Waals surface area contributed by atoms with Gasteiger partial charge in [-0.3, -0.25) is 37.3 Å². The molecule has 0 aromatic carbocycles. The Bertz CT molecular complexity index is 1760. The summed E-state index contributed by atoms with van der Waals surface area (Å²) in [6.07, 6.45) is 48.8. The zero-order valence-electron chi connectivity index (χ0n) is 58.4. The summed E-state index contributed by atoms with van der Waals surface area (Å²) >= 11 is 0. The maximum Gasteiger partial charge on any atom is 0.472 e. The maximum absolute atomic E-state index is 13.0. The molecular formula is C71H138O17P2. The van der Waals surface area contributed by atoms with Crippen LogP contribution in [0.4, 0.5) is 0 Å². The number of aliphatic hydroxyl groups is 1. The molecule has 90 heavy (non-hydrogen) atoms. The molecule has 3 N–H and O–H groups in total. The first kappa shape index (κ1) is 88.1. The molecule has 4 unspecified atom stereocenters. The van der Waals surface area contributed by atoms with E-state index < -0.39 is 97.5 Å². The fourth-order valence-electron chi connectivity index (χ4n) is 10.7. The first-order valence-corrected chi connectivity index (χ1v) is 40.1. The van der Waals surface area contributed by atoms with E-state index in [2.05, 4.69) is 41.5 Å². The first-order chi connectivity index (χ1) is 43.4. The Morgan fingerprint density at radius 1 is 0.311 bits per heavy atom. The highest BCUT2D eigenvalue weighted by Gasteiger charge is 2.30. The standard InChI is InChI=1S/C71H138O17P2/c1-7-11-13-15-17-19-20-21-22-23-24-25-26-27-28-29-30-36-43-49-55-70(75)87-66(59-82-69(74)54-48-42-35-32-31-33-39-45-51-63(5)9-3)61-85-89(77,78)83-57-65(72)58-84-90(79,80)86-62-67(60-81-68(73)53-47-41-34-18-16-14-12-8-2)88-71(76)56-50-44-38-37-40-46-52-64(6)10-4/h63-67,72H,7-62H2,1-6H3,(H,77,78)(H,79,80)/t63?,64?,65-,66-,67-/m1/s1. The van der Waals surface area contributed by atoms with Crippen LogP contribution in [0.3, 0.4) is 0 Å². The van der Waals surface area contributed by atoms with Gasteiger partial charge in [0.15, 0.2) is 12.2 Å². The van der Waals surface area contributed by atoms with Crippen molar-refractivity contribution >= 4 is 39.5 Å². The number of carbonyl (C=O) groups is 4. The minimum absolute atomic E-state index is 0.103. The van der Waals surface area contributed by atoms with Crippen LogP contribution in [0.15, 0.2) is 0 Å². The number of rotatable bonds is 70. The van der Waals surface area contributed by atoms with Crippen LogP contribution < -0.4 is 0 Å². The minimum atomic E-state index is -4.95. The van der Waals surface area contributed by atoms with Gasteiger partial charge in [-0.2, -0.15) is 0 Å². The normalized spacial score (nSPS) is 14.7. The summed E-state index contributed by atoms with van der Waals surface area (Å²) in [7, 11) is -9.90. The van der Waals surface area contributed by atoms with Crippen molar-refractivity contribution in [2.45, 2.75) is 381 Å².